The number of hydrogen-bond acceptors (Lipinski definition) is 2. The molecule has 1 amide bonds. The van der Waals surface area contributed by atoms with Crippen molar-refractivity contribution in [3.63, 3.8) is 0 Å². The first-order valence-corrected chi connectivity index (χ1v) is 3.81. The average Bonchev–Trinajstić information content (AvgIpc) is 2.15. The van der Waals surface area contributed by atoms with E-state index in [0.717, 1.165) is 6.42 Å². The van der Waals surface area contributed by atoms with Crippen molar-refractivity contribution in [1.29, 1.82) is 0 Å². The number of halogens is 1. The van der Waals surface area contributed by atoms with Crippen LogP contribution in [0.15, 0.2) is 0 Å². The van der Waals surface area contributed by atoms with Crippen molar-refractivity contribution in [2.75, 3.05) is 6.61 Å². The van der Waals surface area contributed by atoms with Crippen LogP contribution < -0.4 is 0 Å². The second-order valence-corrected chi connectivity index (χ2v) is 3.12. The molecule has 1 fully saturated rings. The Balaban J connectivity index is 2.51. The van der Waals surface area contributed by atoms with Gasteiger partial charge in [-0.15, -0.1) is 0 Å². The van der Waals surface area contributed by atoms with E-state index in [1.165, 1.54) is 0 Å². The summed E-state index contributed by atoms with van der Waals surface area (Å²) in [5, 5.41) is 8.66. The zero-order chi connectivity index (χ0) is 6.85. The molecule has 0 aromatic carbocycles. The number of nitrogens with zero attached hydrogens (tertiary/aromatic N) is 1. The van der Waals surface area contributed by atoms with Gasteiger partial charge in [0.15, 0.2) is 0 Å². The third-order valence-electron chi connectivity index (χ3n) is 1.46. The van der Waals surface area contributed by atoms with Crippen molar-refractivity contribution in [3.8, 4) is 0 Å². The number of hydrogen-bond donors (Lipinski definition) is 1. The molecule has 1 rings (SSSR count). The molecule has 1 heterocycles. The maximum absolute atomic E-state index is 10.8. The van der Waals surface area contributed by atoms with E-state index in [4.69, 9.17) is 5.11 Å². The zero-order valence-corrected chi connectivity index (χ0v) is 7.04. The lowest BCUT2D eigenvalue weighted by atomic mass is 10.2. The van der Waals surface area contributed by atoms with Crippen LogP contribution in [0.4, 0.5) is 0 Å². The molecule has 0 bridgehead atoms. The maximum atomic E-state index is 10.8. The van der Waals surface area contributed by atoms with Gasteiger partial charge in [-0.05, 0) is 6.42 Å². The van der Waals surface area contributed by atoms with Crippen molar-refractivity contribution in [3.05, 3.63) is 0 Å². The predicted octanol–water partition coefficient (Wildman–Crippen LogP) is 0.320. The molecule has 0 radical (unpaired) electrons. The molecular formula is C5H8INO2. The van der Waals surface area contributed by atoms with Gasteiger partial charge in [0.2, 0.25) is 5.91 Å². The molecule has 0 aromatic rings. The van der Waals surface area contributed by atoms with Crippen molar-refractivity contribution in [2.45, 2.75) is 18.9 Å². The maximum Gasteiger partial charge on any atom is 0.231 e. The summed E-state index contributed by atoms with van der Waals surface area (Å²) < 4.78 is 1.58. The van der Waals surface area contributed by atoms with Crippen molar-refractivity contribution in [1.82, 2.24) is 3.11 Å². The van der Waals surface area contributed by atoms with Crippen LogP contribution in [0.1, 0.15) is 12.8 Å². The van der Waals surface area contributed by atoms with E-state index in [2.05, 4.69) is 0 Å². The van der Waals surface area contributed by atoms with Crippen LogP contribution >= 0.6 is 22.9 Å². The number of carbonyl (C=O) groups excluding carboxylic acids is 1. The minimum absolute atomic E-state index is 0.0677. The van der Waals surface area contributed by atoms with Gasteiger partial charge >= 0.3 is 0 Å². The topological polar surface area (TPSA) is 40.5 Å². The number of aliphatic hydroxyl groups excluding tert-OH is 1. The Kier molecular flexibility index (Phi) is 2.29. The third-order valence-corrected chi connectivity index (χ3v) is 2.79. The van der Waals surface area contributed by atoms with Crippen LogP contribution in [0.25, 0.3) is 0 Å². The molecule has 0 aliphatic carbocycles. The lowest BCUT2D eigenvalue weighted by Crippen LogP contribution is -2.25. The number of aliphatic hydroxyl groups is 1. The molecule has 52 valence electrons. The minimum Gasteiger partial charge on any atom is -0.394 e. The highest BCUT2D eigenvalue weighted by Gasteiger charge is 2.27. The number of amides is 1. The molecule has 1 N–H and O–H groups in total. The lowest BCUT2D eigenvalue weighted by molar-refractivity contribution is -0.123. The number of carbonyl (C=O) groups is 1. The molecule has 1 atom stereocenters. The first-order valence-electron chi connectivity index (χ1n) is 2.84. The summed E-state index contributed by atoms with van der Waals surface area (Å²) in [6.07, 6.45) is 1.40. The van der Waals surface area contributed by atoms with Crippen LogP contribution in [-0.4, -0.2) is 26.8 Å². The normalized spacial score (nSPS) is 27.6. The Morgan fingerprint density at radius 2 is 2.56 bits per heavy atom. The predicted molar refractivity (Wildman–Crippen MR) is 41.0 cm³/mol. The van der Waals surface area contributed by atoms with E-state index in [9.17, 15) is 4.79 Å². The second-order valence-electron chi connectivity index (χ2n) is 2.08. The van der Waals surface area contributed by atoms with Gasteiger partial charge in [-0.1, -0.05) is 0 Å². The lowest BCUT2D eigenvalue weighted by Gasteiger charge is -2.13. The fraction of sp³-hybridized carbons (Fsp3) is 0.800. The standard InChI is InChI=1S/C5H8INO2/c6-7-4(3-8)1-2-5(7)9/h4,8H,1-3H2. The van der Waals surface area contributed by atoms with E-state index in [0.29, 0.717) is 6.42 Å². The van der Waals surface area contributed by atoms with Crippen molar-refractivity contribution in [2.24, 2.45) is 0 Å². The van der Waals surface area contributed by atoms with Crippen molar-refractivity contribution < 1.29 is 9.90 Å². The summed E-state index contributed by atoms with van der Waals surface area (Å²) in [5.41, 5.74) is 0. The molecule has 0 aromatic heterocycles. The molecule has 0 saturated carbocycles. The zero-order valence-electron chi connectivity index (χ0n) is 4.88. The highest BCUT2D eigenvalue weighted by molar-refractivity contribution is 14.1. The monoisotopic (exact) mass is 241 g/mol. The van der Waals surface area contributed by atoms with Gasteiger partial charge < -0.3 is 5.11 Å². The second kappa shape index (κ2) is 2.83. The molecule has 1 saturated heterocycles. The van der Waals surface area contributed by atoms with Crippen LogP contribution in [0.2, 0.25) is 0 Å². The minimum atomic E-state index is 0.0677. The van der Waals surface area contributed by atoms with E-state index in [1.54, 1.807) is 3.11 Å². The van der Waals surface area contributed by atoms with Crippen LogP contribution in [0.3, 0.4) is 0 Å². The molecule has 1 aliphatic heterocycles. The van der Waals surface area contributed by atoms with Gasteiger partial charge in [-0.2, -0.15) is 0 Å². The van der Waals surface area contributed by atoms with Gasteiger partial charge in [0.25, 0.3) is 0 Å². The fourth-order valence-corrected chi connectivity index (χ4v) is 1.57. The van der Waals surface area contributed by atoms with Gasteiger partial charge in [0.1, 0.15) is 0 Å². The molecule has 9 heavy (non-hydrogen) atoms. The Hall–Kier alpha value is 0.160. The van der Waals surface area contributed by atoms with Crippen LogP contribution in [0.5, 0.6) is 0 Å². The summed E-state index contributed by atoms with van der Waals surface area (Å²) in [7, 11) is 0. The summed E-state index contributed by atoms with van der Waals surface area (Å²) in [5.74, 6) is 0.134. The SMILES string of the molecule is O=C1CCC(CO)N1I. The number of rotatable bonds is 1. The first kappa shape index (κ1) is 7.27. The highest BCUT2D eigenvalue weighted by atomic mass is 127. The van der Waals surface area contributed by atoms with E-state index < -0.39 is 0 Å². The third kappa shape index (κ3) is 1.35. The molecular weight excluding hydrogens is 233 g/mol. The van der Waals surface area contributed by atoms with Gasteiger partial charge in [-0.3, -0.25) is 7.91 Å². The summed E-state index contributed by atoms with van der Waals surface area (Å²) in [6.45, 7) is 0.0919. The van der Waals surface area contributed by atoms with E-state index in [1.807, 2.05) is 22.9 Å². The molecule has 4 heteroatoms. The fourth-order valence-electron chi connectivity index (χ4n) is 0.877. The van der Waals surface area contributed by atoms with Crippen LogP contribution in [-0.2, 0) is 4.79 Å². The van der Waals surface area contributed by atoms with Gasteiger partial charge in [0.05, 0.1) is 35.5 Å². The Morgan fingerprint density at radius 1 is 1.89 bits per heavy atom. The van der Waals surface area contributed by atoms with Crippen molar-refractivity contribution >= 4 is 28.8 Å². The molecule has 1 aliphatic rings. The van der Waals surface area contributed by atoms with Crippen LogP contribution in [0, 0.1) is 0 Å². The summed E-state index contributed by atoms with van der Waals surface area (Å²) in [6, 6.07) is 0.0677. The highest BCUT2D eigenvalue weighted by Crippen LogP contribution is 2.21. The quantitative estimate of drug-likeness (QED) is 0.530. The Labute approximate surface area is 67.5 Å². The molecule has 0 spiro atoms. The molecule has 3 nitrogen and oxygen atoms in total. The molecule has 1 unspecified atom stereocenters. The smallest absolute Gasteiger partial charge is 0.231 e. The first-order chi connectivity index (χ1) is 4.25. The van der Waals surface area contributed by atoms with Gasteiger partial charge in [-0.25, -0.2) is 0 Å². The summed E-state index contributed by atoms with van der Waals surface area (Å²) in [4.78, 5) is 10.8. The van der Waals surface area contributed by atoms with E-state index >= 15 is 0 Å². The van der Waals surface area contributed by atoms with Gasteiger partial charge in [0, 0.05) is 6.42 Å². The van der Waals surface area contributed by atoms with E-state index in [-0.39, 0.29) is 18.6 Å². The average molecular weight is 241 g/mol. The Morgan fingerprint density at radius 3 is 2.78 bits per heavy atom. The Bertz CT molecular complexity index is 128. The summed E-state index contributed by atoms with van der Waals surface area (Å²) >= 11 is 1.94. The largest absolute Gasteiger partial charge is 0.394 e.